The van der Waals surface area contributed by atoms with Gasteiger partial charge in [0.25, 0.3) is 5.91 Å². The summed E-state index contributed by atoms with van der Waals surface area (Å²) in [6.07, 6.45) is 6.85. The van der Waals surface area contributed by atoms with Crippen LogP contribution in [0.5, 0.6) is 5.75 Å². The minimum Gasteiger partial charge on any atom is -0.487 e. The standard InChI is InChI=1S/C27H31N3O4/c1-2-28-27(32)25(20-11-7-4-8-12-20)30-26(31)24-16-15-23(34-24)22-14-13-21(17-29-22)33-18-19-9-5-3-6-10-19/h3,5-6,9-10,13-17,20,25H,2,4,7-8,11-12,18H2,1H3,(H,28,32)(H,30,31)/t25-/m0/s1. The Bertz CT molecular complexity index is 1070. The van der Waals surface area contributed by atoms with Crippen molar-refractivity contribution in [1.82, 2.24) is 15.6 Å². The summed E-state index contributed by atoms with van der Waals surface area (Å²) in [5.41, 5.74) is 1.67. The van der Waals surface area contributed by atoms with Gasteiger partial charge in [0.1, 0.15) is 24.1 Å². The van der Waals surface area contributed by atoms with E-state index in [0.717, 1.165) is 31.2 Å². The van der Waals surface area contributed by atoms with Crippen molar-refractivity contribution in [2.45, 2.75) is 51.7 Å². The molecule has 7 nitrogen and oxygen atoms in total. The van der Waals surface area contributed by atoms with Gasteiger partial charge in [-0.3, -0.25) is 9.59 Å². The molecule has 0 bridgehead atoms. The number of amides is 2. The lowest BCUT2D eigenvalue weighted by Crippen LogP contribution is -2.51. The molecule has 1 saturated carbocycles. The topological polar surface area (TPSA) is 93.5 Å². The predicted molar refractivity (Wildman–Crippen MR) is 129 cm³/mol. The SMILES string of the molecule is CCNC(=O)[C@@H](NC(=O)c1ccc(-c2ccc(OCc3ccccc3)cn2)o1)C1CCCCC1. The summed E-state index contributed by atoms with van der Waals surface area (Å²) >= 11 is 0. The first-order valence-electron chi connectivity index (χ1n) is 12.0. The number of nitrogens with zero attached hydrogens (tertiary/aromatic N) is 1. The fourth-order valence-electron chi connectivity index (χ4n) is 4.31. The zero-order valence-corrected chi connectivity index (χ0v) is 19.5. The average Bonchev–Trinajstić information content (AvgIpc) is 3.38. The van der Waals surface area contributed by atoms with Crippen molar-refractivity contribution in [3.8, 4) is 17.2 Å². The number of rotatable bonds is 9. The molecule has 178 valence electrons. The molecule has 0 spiro atoms. The maximum absolute atomic E-state index is 12.9. The van der Waals surface area contributed by atoms with Gasteiger partial charge in [-0.05, 0) is 55.5 Å². The van der Waals surface area contributed by atoms with Crippen LogP contribution in [0.25, 0.3) is 11.5 Å². The Morgan fingerprint density at radius 3 is 2.56 bits per heavy atom. The van der Waals surface area contributed by atoms with Crippen LogP contribution in [0.3, 0.4) is 0 Å². The second-order valence-corrected chi connectivity index (χ2v) is 8.56. The van der Waals surface area contributed by atoms with Crippen LogP contribution in [0, 0.1) is 5.92 Å². The Hall–Kier alpha value is -3.61. The van der Waals surface area contributed by atoms with Gasteiger partial charge in [0.2, 0.25) is 5.91 Å². The summed E-state index contributed by atoms with van der Waals surface area (Å²) < 4.78 is 11.6. The molecule has 2 aromatic heterocycles. The molecule has 4 rings (SSSR count). The van der Waals surface area contributed by atoms with Crippen molar-refractivity contribution in [2.75, 3.05) is 6.54 Å². The molecule has 1 fully saturated rings. The monoisotopic (exact) mass is 461 g/mol. The number of pyridine rings is 1. The lowest BCUT2D eigenvalue weighted by molar-refractivity contribution is -0.124. The average molecular weight is 462 g/mol. The molecule has 3 aromatic rings. The summed E-state index contributed by atoms with van der Waals surface area (Å²) in [7, 11) is 0. The van der Waals surface area contributed by atoms with Crippen molar-refractivity contribution in [2.24, 2.45) is 5.92 Å². The molecule has 1 atom stereocenters. The molecular formula is C27H31N3O4. The van der Waals surface area contributed by atoms with Crippen LogP contribution in [0.1, 0.15) is 55.1 Å². The van der Waals surface area contributed by atoms with E-state index in [1.165, 1.54) is 6.42 Å². The van der Waals surface area contributed by atoms with E-state index >= 15 is 0 Å². The third-order valence-corrected chi connectivity index (χ3v) is 6.11. The number of ether oxygens (including phenoxy) is 1. The highest BCUT2D eigenvalue weighted by Crippen LogP contribution is 2.27. The van der Waals surface area contributed by atoms with E-state index in [9.17, 15) is 9.59 Å². The van der Waals surface area contributed by atoms with Crippen LogP contribution in [-0.2, 0) is 11.4 Å². The number of benzene rings is 1. The number of carbonyl (C=O) groups excluding carboxylic acids is 2. The van der Waals surface area contributed by atoms with Crippen molar-refractivity contribution in [3.63, 3.8) is 0 Å². The number of furan rings is 1. The lowest BCUT2D eigenvalue weighted by Gasteiger charge is -2.29. The van der Waals surface area contributed by atoms with E-state index < -0.39 is 11.9 Å². The van der Waals surface area contributed by atoms with Crippen molar-refractivity contribution < 1.29 is 18.7 Å². The predicted octanol–water partition coefficient (Wildman–Crippen LogP) is 4.74. The minimum absolute atomic E-state index is 0.137. The van der Waals surface area contributed by atoms with E-state index in [1.54, 1.807) is 24.4 Å². The molecule has 1 aromatic carbocycles. The normalized spacial score (nSPS) is 14.9. The van der Waals surface area contributed by atoms with Crippen LogP contribution in [0.15, 0.2) is 65.2 Å². The molecule has 2 amide bonds. The fraction of sp³-hybridized carbons (Fsp3) is 0.370. The molecule has 0 saturated heterocycles. The fourth-order valence-corrected chi connectivity index (χ4v) is 4.31. The van der Waals surface area contributed by atoms with Gasteiger partial charge in [0.05, 0.1) is 6.20 Å². The van der Waals surface area contributed by atoms with Gasteiger partial charge in [-0.1, -0.05) is 49.6 Å². The number of carbonyl (C=O) groups is 2. The smallest absolute Gasteiger partial charge is 0.287 e. The highest BCUT2D eigenvalue weighted by Gasteiger charge is 2.31. The molecule has 0 aliphatic heterocycles. The first kappa shape index (κ1) is 23.5. The molecule has 34 heavy (non-hydrogen) atoms. The summed E-state index contributed by atoms with van der Waals surface area (Å²) in [5.74, 6) is 0.898. The van der Waals surface area contributed by atoms with Crippen LogP contribution >= 0.6 is 0 Å². The van der Waals surface area contributed by atoms with Crippen molar-refractivity contribution in [1.29, 1.82) is 0 Å². The Labute approximate surface area is 199 Å². The molecule has 0 unspecified atom stereocenters. The van der Waals surface area contributed by atoms with Crippen LogP contribution in [0.4, 0.5) is 0 Å². The molecular weight excluding hydrogens is 430 g/mol. The second-order valence-electron chi connectivity index (χ2n) is 8.56. The largest absolute Gasteiger partial charge is 0.487 e. The first-order valence-corrected chi connectivity index (χ1v) is 12.0. The maximum atomic E-state index is 12.9. The van der Waals surface area contributed by atoms with Crippen molar-refractivity contribution in [3.05, 3.63) is 72.1 Å². The second kappa shape index (κ2) is 11.5. The van der Waals surface area contributed by atoms with Crippen LogP contribution in [0.2, 0.25) is 0 Å². The highest BCUT2D eigenvalue weighted by molar-refractivity contribution is 5.96. The molecule has 0 radical (unpaired) electrons. The Morgan fingerprint density at radius 2 is 1.85 bits per heavy atom. The number of likely N-dealkylation sites (N-methyl/N-ethyl adjacent to an activating group) is 1. The molecule has 2 N–H and O–H groups in total. The van der Waals surface area contributed by atoms with E-state index in [-0.39, 0.29) is 17.6 Å². The molecule has 2 heterocycles. The molecule has 1 aliphatic carbocycles. The third-order valence-electron chi connectivity index (χ3n) is 6.11. The summed E-state index contributed by atoms with van der Waals surface area (Å²) in [6.45, 7) is 2.86. The summed E-state index contributed by atoms with van der Waals surface area (Å²) in [4.78, 5) is 29.9. The van der Waals surface area contributed by atoms with Crippen molar-refractivity contribution >= 4 is 11.8 Å². The Kier molecular flexibility index (Phi) is 7.96. The first-order chi connectivity index (χ1) is 16.6. The zero-order chi connectivity index (χ0) is 23.8. The Morgan fingerprint density at radius 1 is 1.06 bits per heavy atom. The van der Waals surface area contributed by atoms with Gasteiger partial charge >= 0.3 is 0 Å². The van der Waals surface area contributed by atoms with E-state index in [0.29, 0.717) is 30.4 Å². The highest BCUT2D eigenvalue weighted by atomic mass is 16.5. The van der Waals surface area contributed by atoms with Crippen LogP contribution in [-0.4, -0.2) is 29.4 Å². The van der Waals surface area contributed by atoms with E-state index in [4.69, 9.17) is 9.15 Å². The van der Waals surface area contributed by atoms with Crippen LogP contribution < -0.4 is 15.4 Å². The van der Waals surface area contributed by atoms with Gasteiger partial charge in [-0.15, -0.1) is 0 Å². The summed E-state index contributed by atoms with van der Waals surface area (Å²) in [6, 6.07) is 16.3. The zero-order valence-electron chi connectivity index (χ0n) is 19.5. The summed E-state index contributed by atoms with van der Waals surface area (Å²) in [5, 5.41) is 5.76. The Balaban J connectivity index is 1.39. The van der Waals surface area contributed by atoms with Gasteiger partial charge in [-0.25, -0.2) is 4.98 Å². The minimum atomic E-state index is -0.555. The van der Waals surface area contributed by atoms with E-state index in [2.05, 4.69) is 15.6 Å². The van der Waals surface area contributed by atoms with Gasteiger partial charge < -0.3 is 19.8 Å². The number of nitrogens with one attached hydrogen (secondary N) is 2. The quantitative estimate of drug-likeness (QED) is 0.480. The maximum Gasteiger partial charge on any atom is 0.287 e. The molecule has 1 aliphatic rings. The number of aromatic nitrogens is 1. The third kappa shape index (κ3) is 6.04. The number of hydrogen-bond acceptors (Lipinski definition) is 5. The molecule has 7 heteroatoms. The van der Waals surface area contributed by atoms with E-state index in [1.807, 2.05) is 43.3 Å². The van der Waals surface area contributed by atoms with Gasteiger partial charge in [-0.2, -0.15) is 0 Å². The van der Waals surface area contributed by atoms with Gasteiger partial charge in [0, 0.05) is 6.54 Å². The lowest BCUT2D eigenvalue weighted by atomic mass is 9.83. The number of hydrogen-bond donors (Lipinski definition) is 2. The van der Waals surface area contributed by atoms with Gasteiger partial charge in [0.15, 0.2) is 11.5 Å².